The van der Waals surface area contributed by atoms with Gasteiger partial charge in [-0.25, -0.2) is 13.2 Å². The fourth-order valence-corrected chi connectivity index (χ4v) is 3.97. The first-order valence-corrected chi connectivity index (χ1v) is 6.64. The van der Waals surface area contributed by atoms with Crippen LogP contribution in [-0.4, -0.2) is 59.9 Å². The zero-order chi connectivity index (χ0) is 12.8. The minimum absolute atomic E-state index is 0.00394. The lowest BCUT2D eigenvalue weighted by atomic mass is 9.99. The maximum atomic E-state index is 11.9. The number of rotatable bonds is 2. The van der Waals surface area contributed by atoms with Crippen molar-refractivity contribution in [2.24, 2.45) is 0 Å². The third-order valence-corrected chi connectivity index (χ3v) is 4.60. The van der Waals surface area contributed by atoms with E-state index in [1.165, 1.54) is 0 Å². The summed E-state index contributed by atoms with van der Waals surface area (Å²) >= 11 is 0. The number of sulfone groups is 1. The second-order valence-electron chi connectivity index (χ2n) is 4.14. The van der Waals surface area contributed by atoms with Gasteiger partial charge in [0, 0.05) is 0 Å². The van der Waals surface area contributed by atoms with E-state index in [2.05, 4.69) is 5.32 Å². The van der Waals surface area contributed by atoms with Gasteiger partial charge in [-0.05, 0) is 6.42 Å². The molecule has 17 heavy (non-hydrogen) atoms. The normalized spacial score (nSPS) is 30.9. The third kappa shape index (κ3) is 1.86. The molecule has 2 aliphatic heterocycles. The average molecular weight is 262 g/mol. The van der Waals surface area contributed by atoms with Gasteiger partial charge in [-0.3, -0.25) is 14.5 Å². The Kier molecular flexibility index (Phi) is 2.38. The molecule has 3 amide bonds. The van der Waals surface area contributed by atoms with Crippen LogP contribution in [-0.2, 0) is 19.4 Å². The number of nitrogens with one attached hydrogen (secondary N) is 1. The molecular formula is C8H10N2O6S. The average Bonchev–Trinajstić information content (AvgIpc) is 2.59. The van der Waals surface area contributed by atoms with Crippen molar-refractivity contribution < 1.29 is 27.9 Å². The number of amides is 3. The number of hydrogen-bond acceptors (Lipinski definition) is 5. The molecule has 2 aliphatic rings. The zero-order valence-electron chi connectivity index (χ0n) is 8.67. The van der Waals surface area contributed by atoms with E-state index in [4.69, 9.17) is 5.11 Å². The molecule has 0 aromatic heterocycles. The molecule has 2 rings (SSSR count). The predicted octanol–water partition coefficient (Wildman–Crippen LogP) is -1.82. The highest BCUT2D eigenvalue weighted by atomic mass is 32.2. The highest BCUT2D eigenvalue weighted by Crippen LogP contribution is 2.29. The van der Waals surface area contributed by atoms with E-state index < -0.39 is 45.6 Å². The van der Waals surface area contributed by atoms with Gasteiger partial charge in [0.2, 0.25) is 0 Å². The summed E-state index contributed by atoms with van der Waals surface area (Å²) in [5, 5.41) is 10.8. The molecule has 0 aromatic carbocycles. The summed E-state index contributed by atoms with van der Waals surface area (Å²) in [7, 11) is -3.36. The van der Waals surface area contributed by atoms with E-state index >= 15 is 0 Å². The van der Waals surface area contributed by atoms with Crippen LogP contribution in [0.25, 0.3) is 0 Å². The van der Waals surface area contributed by atoms with E-state index in [0.717, 1.165) is 0 Å². The smallest absolute Gasteiger partial charge is 0.325 e. The lowest BCUT2D eigenvalue weighted by Gasteiger charge is -2.17. The van der Waals surface area contributed by atoms with E-state index in [9.17, 15) is 22.8 Å². The van der Waals surface area contributed by atoms with Crippen LogP contribution in [0.5, 0.6) is 0 Å². The highest BCUT2D eigenvalue weighted by molar-refractivity contribution is 7.91. The molecule has 0 aliphatic carbocycles. The van der Waals surface area contributed by atoms with Crippen molar-refractivity contribution >= 4 is 27.7 Å². The minimum Gasteiger partial charge on any atom is -0.480 e. The number of carboxylic acids is 1. The molecule has 9 heteroatoms. The van der Waals surface area contributed by atoms with Gasteiger partial charge in [-0.15, -0.1) is 0 Å². The van der Waals surface area contributed by atoms with Crippen molar-refractivity contribution in [2.75, 3.05) is 18.1 Å². The van der Waals surface area contributed by atoms with Crippen molar-refractivity contribution in [1.29, 1.82) is 0 Å². The standard InChI is InChI=1S/C8H10N2O6S/c11-5(12)3-10-6(13)8(9-7(10)14)1-2-17(15,16)4-8/h1-4H2,(H,9,14)(H,11,12). The summed E-state index contributed by atoms with van der Waals surface area (Å²) in [6, 6.07) is -0.852. The van der Waals surface area contributed by atoms with Crippen molar-refractivity contribution in [3.05, 3.63) is 0 Å². The van der Waals surface area contributed by atoms with Gasteiger partial charge in [0.05, 0.1) is 11.5 Å². The fraction of sp³-hybridized carbons (Fsp3) is 0.625. The maximum absolute atomic E-state index is 11.9. The summed E-state index contributed by atoms with van der Waals surface area (Å²) in [6.07, 6.45) is -0.00394. The van der Waals surface area contributed by atoms with Crippen LogP contribution < -0.4 is 5.32 Å². The molecule has 1 unspecified atom stereocenters. The number of carbonyl (C=O) groups is 3. The Balaban J connectivity index is 2.28. The summed E-state index contributed by atoms with van der Waals surface area (Å²) in [6.45, 7) is -0.757. The van der Waals surface area contributed by atoms with Gasteiger partial charge in [-0.2, -0.15) is 0 Å². The first kappa shape index (κ1) is 11.8. The topological polar surface area (TPSA) is 121 Å². The van der Waals surface area contributed by atoms with E-state index in [-0.39, 0.29) is 12.2 Å². The summed E-state index contributed by atoms with van der Waals surface area (Å²) in [4.78, 5) is 34.3. The lowest BCUT2D eigenvalue weighted by molar-refractivity contribution is -0.142. The van der Waals surface area contributed by atoms with Gasteiger partial charge in [0.25, 0.3) is 5.91 Å². The molecule has 2 heterocycles. The second-order valence-corrected chi connectivity index (χ2v) is 6.32. The highest BCUT2D eigenvalue weighted by Gasteiger charge is 2.57. The predicted molar refractivity (Wildman–Crippen MR) is 53.9 cm³/mol. The van der Waals surface area contributed by atoms with E-state index in [1.54, 1.807) is 0 Å². The Hall–Kier alpha value is -1.64. The van der Waals surface area contributed by atoms with Gasteiger partial charge in [-0.1, -0.05) is 0 Å². The molecule has 2 fully saturated rings. The van der Waals surface area contributed by atoms with Gasteiger partial charge >= 0.3 is 12.0 Å². The molecule has 2 N–H and O–H groups in total. The Labute approximate surface area is 96.5 Å². The van der Waals surface area contributed by atoms with Crippen molar-refractivity contribution in [3.8, 4) is 0 Å². The Morgan fingerprint density at radius 3 is 2.59 bits per heavy atom. The fourth-order valence-electron chi connectivity index (χ4n) is 2.07. The Bertz CT molecular complexity index is 512. The first-order chi connectivity index (χ1) is 7.76. The van der Waals surface area contributed by atoms with Crippen LogP contribution in [0.15, 0.2) is 0 Å². The van der Waals surface area contributed by atoms with Crippen LogP contribution in [0, 0.1) is 0 Å². The molecule has 8 nitrogen and oxygen atoms in total. The van der Waals surface area contributed by atoms with Crippen LogP contribution in [0.3, 0.4) is 0 Å². The molecule has 94 valence electrons. The summed E-state index contributed by atoms with van der Waals surface area (Å²) in [5.41, 5.74) is -1.45. The lowest BCUT2D eigenvalue weighted by Crippen LogP contribution is -2.48. The largest absolute Gasteiger partial charge is 0.480 e. The van der Waals surface area contributed by atoms with E-state index in [0.29, 0.717) is 4.90 Å². The van der Waals surface area contributed by atoms with Gasteiger partial charge in [0.1, 0.15) is 12.1 Å². The van der Waals surface area contributed by atoms with Gasteiger partial charge in [0.15, 0.2) is 9.84 Å². The molecule has 1 spiro atoms. The van der Waals surface area contributed by atoms with Crippen LogP contribution in [0.4, 0.5) is 4.79 Å². The quantitative estimate of drug-likeness (QED) is 0.565. The summed E-state index contributed by atoms with van der Waals surface area (Å²) < 4.78 is 22.7. The number of carboxylic acid groups (broad SMARTS) is 1. The van der Waals surface area contributed by atoms with Crippen molar-refractivity contribution in [1.82, 2.24) is 10.2 Å². The number of carbonyl (C=O) groups excluding carboxylic acids is 2. The Morgan fingerprint density at radius 2 is 2.12 bits per heavy atom. The van der Waals surface area contributed by atoms with Crippen LogP contribution >= 0.6 is 0 Å². The molecule has 0 aromatic rings. The number of hydrogen-bond donors (Lipinski definition) is 2. The van der Waals surface area contributed by atoms with Gasteiger partial charge < -0.3 is 10.4 Å². The first-order valence-electron chi connectivity index (χ1n) is 4.82. The minimum atomic E-state index is -3.36. The zero-order valence-corrected chi connectivity index (χ0v) is 9.49. The summed E-state index contributed by atoms with van der Waals surface area (Å²) in [5.74, 6) is -2.74. The second kappa shape index (κ2) is 3.42. The third-order valence-electron chi connectivity index (χ3n) is 2.85. The number of imide groups is 1. The Morgan fingerprint density at radius 1 is 1.47 bits per heavy atom. The SMILES string of the molecule is O=C(O)CN1C(=O)NC2(CCS(=O)(=O)C2)C1=O. The molecule has 0 saturated carbocycles. The molecule has 1 atom stereocenters. The van der Waals surface area contributed by atoms with Crippen molar-refractivity contribution in [2.45, 2.75) is 12.0 Å². The maximum Gasteiger partial charge on any atom is 0.325 e. The molecule has 2 saturated heterocycles. The molecule has 0 radical (unpaired) electrons. The molecule has 0 bridgehead atoms. The number of aliphatic carboxylic acids is 1. The van der Waals surface area contributed by atoms with E-state index in [1.807, 2.05) is 0 Å². The number of nitrogens with zero attached hydrogens (tertiary/aromatic N) is 1. The van der Waals surface area contributed by atoms with Crippen LogP contribution in [0.2, 0.25) is 0 Å². The number of urea groups is 1. The monoisotopic (exact) mass is 262 g/mol. The van der Waals surface area contributed by atoms with Crippen LogP contribution in [0.1, 0.15) is 6.42 Å². The van der Waals surface area contributed by atoms with Crippen molar-refractivity contribution in [3.63, 3.8) is 0 Å². The molecular weight excluding hydrogens is 252 g/mol.